The molecular weight excluding hydrogens is 258 g/mol. The maximum atomic E-state index is 11.3. The van der Waals surface area contributed by atoms with Crippen molar-refractivity contribution in [3.63, 3.8) is 0 Å². The lowest BCUT2D eigenvalue weighted by molar-refractivity contribution is -0.137. The molecule has 0 aliphatic carbocycles. The Morgan fingerprint density at radius 1 is 1.05 bits per heavy atom. The average Bonchev–Trinajstić information content (AvgIpc) is 2.37. The van der Waals surface area contributed by atoms with Gasteiger partial charge in [-0.25, -0.2) is 4.79 Å². The minimum absolute atomic E-state index is 0.00530. The third-order valence-corrected chi connectivity index (χ3v) is 3.18. The number of nitrogens with one attached hydrogen (secondary N) is 1. The first-order valence-corrected chi connectivity index (χ1v) is 5.96. The van der Waals surface area contributed by atoms with Gasteiger partial charge in [-0.1, -0.05) is 30.3 Å². The zero-order chi connectivity index (χ0) is 14.9. The molecule has 1 unspecified atom stereocenters. The predicted molar refractivity (Wildman–Crippen MR) is 74.7 cm³/mol. The largest absolute Gasteiger partial charge is 0.480 e. The van der Waals surface area contributed by atoms with Gasteiger partial charge >= 0.3 is 11.9 Å². The van der Waals surface area contributed by atoms with Gasteiger partial charge in [0.25, 0.3) is 0 Å². The van der Waals surface area contributed by atoms with Gasteiger partial charge < -0.3 is 15.6 Å². The first kappa shape index (κ1) is 13.7. The lowest BCUT2D eigenvalue weighted by Crippen LogP contribution is -2.19. The van der Waals surface area contributed by atoms with Gasteiger partial charge in [-0.3, -0.25) is 4.79 Å². The predicted octanol–water partition coefficient (Wildman–Crippen LogP) is 2.75. The highest BCUT2D eigenvalue weighted by Crippen LogP contribution is 2.29. The molecule has 5 nitrogen and oxygen atoms in total. The number of benzene rings is 2. The summed E-state index contributed by atoms with van der Waals surface area (Å²) >= 11 is 0. The third kappa shape index (κ3) is 2.25. The molecule has 0 aliphatic rings. The van der Waals surface area contributed by atoms with Crippen molar-refractivity contribution >= 4 is 28.4 Å². The SMILES string of the molecule is CC(=N)C(C(=O)O)c1ccc(C(=O)O)c2ccccc12. The number of hydrogen-bond acceptors (Lipinski definition) is 3. The molecule has 2 aromatic rings. The fourth-order valence-electron chi connectivity index (χ4n) is 2.31. The monoisotopic (exact) mass is 271 g/mol. The van der Waals surface area contributed by atoms with Crippen molar-refractivity contribution in [2.45, 2.75) is 12.8 Å². The summed E-state index contributed by atoms with van der Waals surface area (Å²) < 4.78 is 0. The van der Waals surface area contributed by atoms with E-state index in [1.807, 2.05) is 0 Å². The van der Waals surface area contributed by atoms with E-state index in [-0.39, 0.29) is 11.3 Å². The minimum Gasteiger partial charge on any atom is -0.480 e. The molecule has 0 radical (unpaired) electrons. The number of rotatable bonds is 4. The number of carboxylic acids is 2. The van der Waals surface area contributed by atoms with Gasteiger partial charge in [0.15, 0.2) is 0 Å². The van der Waals surface area contributed by atoms with Gasteiger partial charge in [0, 0.05) is 5.71 Å². The van der Waals surface area contributed by atoms with Crippen molar-refractivity contribution < 1.29 is 19.8 Å². The van der Waals surface area contributed by atoms with Crippen LogP contribution in [0.15, 0.2) is 36.4 Å². The van der Waals surface area contributed by atoms with Crippen molar-refractivity contribution in [1.82, 2.24) is 0 Å². The molecule has 0 aliphatic heterocycles. The summed E-state index contributed by atoms with van der Waals surface area (Å²) in [5.41, 5.74) is 0.562. The maximum absolute atomic E-state index is 11.3. The van der Waals surface area contributed by atoms with E-state index in [0.29, 0.717) is 16.3 Å². The van der Waals surface area contributed by atoms with E-state index >= 15 is 0 Å². The summed E-state index contributed by atoms with van der Waals surface area (Å²) in [4.78, 5) is 22.6. The number of carbonyl (C=O) groups is 2. The highest BCUT2D eigenvalue weighted by Gasteiger charge is 2.25. The molecule has 20 heavy (non-hydrogen) atoms. The van der Waals surface area contributed by atoms with Gasteiger partial charge in [-0.05, 0) is 29.3 Å². The quantitative estimate of drug-likeness (QED) is 0.744. The maximum Gasteiger partial charge on any atom is 0.336 e. The van der Waals surface area contributed by atoms with Crippen LogP contribution in [0.25, 0.3) is 10.8 Å². The van der Waals surface area contributed by atoms with Crippen LogP contribution in [0.4, 0.5) is 0 Å². The first-order chi connectivity index (χ1) is 9.43. The fourth-order valence-corrected chi connectivity index (χ4v) is 2.31. The molecule has 5 heteroatoms. The molecule has 0 bridgehead atoms. The summed E-state index contributed by atoms with van der Waals surface area (Å²) in [5, 5.41) is 27.1. The Labute approximate surface area is 115 Å². The molecule has 0 saturated carbocycles. The number of fused-ring (bicyclic) bond motifs is 1. The Bertz CT molecular complexity index is 707. The van der Waals surface area contributed by atoms with Crippen LogP contribution < -0.4 is 0 Å². The smallest absolute Gasteiger partial charge is 0.336 e. The van der Waals surface area contributed by atoms with Crippen LogP contribution in [0.1, 0.15) is 28.8 Å². The molecule has 2 aromatic carbocycles. The third-order valence-electron chi connectivity index (χ3n) is 3.18. The van der Waals surface area contributed by atoms with E-state index in [1.165, 1.54) is 19.1 Å². The van der Waals surface area contributed by atoms with Gasteiger partial charge in [0.1, 0.15) is 5.92 Å². The zero-order valence-corrected chi connectivity index (χ0v) is 10.8. The molecule has 0 heterocycles. The van der Waals surface area contributed by atoms with Crippen LogP contribution in [0.2, 0.25) is 0 Å². The van der Waals surface area contributed by atoms with E-state index < -0.39 is 17.9 Å². The average molecular weight is 271 g/mol. The van der Waals surface area contributed by atoms with E-state index in [2.05, 4.69) is 0 Å². The second kappa shape index (κ2) is 5.13. The molecule has 0 saturated heterocycles. The molecule has 0 fully saturated rings. The molecule has 0 spiro atoms. The standard InChI is InChI=1S/C15H13NO4/c1-8(16)13(15(19)20)11-6-7-12(14(17)18)10-5-3-2-4-9(10)11/h2-7,13,16H,1H3,(H,17,18)(H,19,20). The highest BCUT2D eigenvalue weighted by atomic mass is 16.4. The van der Waals surface area contributed by atoms with Gasteiger partial charge in [-0.2, -0.15) is 0 Å². The highest BCUT2D eigenvalue weighted by molar-refractivity contribution is 6.10. The number of hydrogen-bond donors (Lipinski definition) is 3. The van der Waals surface area contributed by atoms with Gasteiger partial charge in [0.05, 0.1) is 5.56 Å². The van der Waals surface area contributed by atoms with E-state index in [0.717, 1.165) is 0 Å². The summed E-state index contributed by atoms with van der Waals surface area (Å²) in [6, 6.07) is 9.60. The molecule has 0 amide bonds. The van der Waals surface area contributed by atoms with Crippen LogP contribution in [0, 0.1) is 5.41 Å². The van der Waals surface area contributed by atoms with Crippen molar-refractivity contribution in [3.05, 3.63) is 47.5 Å². The summed E-state index contributed by atoms with van der Waals surface area (Å²) in [5.74, 6) is -3.25. The van der Waals surface area contributed by atoms with E-state index in [9.17, 15) is 19.8 Å². The van der Waals surface area contributed by atoms with Gasteiger partial charge in [0.2, 0.25) is 0 Å². The van der Waals surface area contributed by atoms with Gasteiger partial charge in [-0.15, -0.1) is 0 Å². The summed E-state index contributed by atoms with van der Waals surface area (Å²) in [6.07, 6.45) is 0. The molecule has 0 aromatic heterocycles. The molecule has 3 N–H and O–H groups in total. The second-order valence-corrected chi connectivity index (χ2v) is 4.51. The molecule has 1 atom stereocenters. The molecule has 102 valence electrons. The topological polar surface area (TPSA) is 98.5 Å². The lowest BCUT2D eigenvalue weighted by atomic mass is 9.89. The van der Waals surface area contributed by atoms with Crippen LogP contribution in [-0.2, 0) is 4.79 Å². The van der Waals surface area contributed by atoms with Crippen LogP contribution >= 0.6 is 0 Å². The normalized spacial score (nSPS) is 12.1. The first-order valence-electron chi connectivity index (χ1n) is 5.96. The lowest BCUT2D eigenvalue weighted by Gasteiger charge is -2.15. The fraction of sp³-hybridized carbons (Fsp3) is 0.133. The molecular formula is C15H13NO4. The van der Waals surface area contributed by atoms with Crippen LogP contribution in [0.3, 0.4) is 0 Å². The molecule has 2 rings (SSSR count). The Kier molecular flexibility index (Phi) is 3.52. The zero-order valence-electron chi connectivity index (χ0n) is 10.8. The Morgan fingerprint density at radius 3 is 2.15 bits per heavy atom. The minimum atomic E-state index is -1.12. The van der Waals surface area contributed by atoms with Crippen LogP contribution in [0.5, 0.6) is 0 Å². The van der Waals surface area contributed by atoms with Crippen LogP contribution in [-0.4, -0.2) is 27.9 Å². The summed E-state index contributed by atoms with van der Waals surface area (Å²) in [7, 11) is 0. The number of aromatic carboxylic acids is 1. The van der Waals surface area contributed by atoms with Crippen molar-refractivity contribution in [2.24, 2.45) is 0 Å². The second-order valence-electron chi connectivity index (χ2n) is 4.51. The van der Waals surface area contributed by atoms with E-state index in [4.69, 9.17) is 5.41 Å². The number of carboxylic acid groups (broad SMARTS) is 2. The van der Waals surface area contributed by atoms with Crippen molar-refractivity contribution in [1.29, 1.82) is 5.41 Å². The van der Waals surface area contributed by atoms with E-state index in [1.54, 1.807) is 24.3 Å². The van der Waals surface area contributed by atoms with Crippen molar-refractivity contribution in [2.75, 3.05) is 0 Å². The Hall–Kier alpha value is -2.69. The number of aliphatic carboxylic acids is 1. The van der Waals surface area contributed by atoms with Crippen molar-refractivity contribution in [3.8, 4) is 0 Å². The summed E-state index contributed by atoms with van der Waals surface area (Å²) in [6.45, 7) is 1.43. The Morgan fingerprint density at radius 2 is 1.65 bits per heavy atom. The Balaban J connectivity index is 2.79.